The quantitative estimate of drug-likeness (QED) is 0.595. The zero-order chi connectivity index (χ0) is 19.8. The molecule has 3 aromatic rings. The Morgan fingerprint density at radius 3 is 1.93 bits per heavy atom. The van der Waals surface area contributed by atoms with Crippen molar-refractivity contribution in [3.05, 3.63) is 106 Å². The van der Waals surface area contributed by atoms with Gasteiger partial charge < -0.3 is 5.11 Å². The molecule has 1 aliphatic heterocycles. The van der Waals surface area contributed by atoms with E-state index in [4.69, 9.17) is 11.6 Å². The second-order valence-electron chi connectivity index (χ2n) is 7.09. The van der Waals surface area contributed by atoms with Crippen LogP contribution in [-0.4, -0.2) is 11.0 Å². The molecule has 3 nitrogen and oxygen atoms in total. The van der Waals surface area contributed by atoms with Gasteiger partial charge in [0.15, 0.2) is 5.76 Å². The maximum Gasteiger partial charge on any atom is 0.294 e. The van der Waals surface area contributed by atoms with E-state index in [2.05, 4.69) is 0 Å². The van der Waals surface area contributed by atoms with E-state index in [1.54, 1.807) is 29.2 Å². The standard InChI is InChI=1S/C24H20ClNO2/c1-15-3-7-17(8-4-15)21-22(18-9-5-16(2)6-10-18)26(24(28)23(21)27)20-13-11-19(25)12-14-20/h3-14,22,27H,1-2H3/t22-/m0/s1. The molecule has 0 radical (unpaired) electrons. The molecule has 0 unspecified atom stereocenters. The van der Waals surface area contributed by atoms with Gasteiger partial charge in [0.1, 0.15) is 0 Å². The van der Waals surface area contributed by atoms with Crippen LogP contribution in [0.5, 0.6) is 0 Å². The van der Waals surface area contributed by atoms with Crippen LogP contribution >= 0.6 is 11.6 Å². The van der Waals surface area contributed by atoms with E-state index in [0.717, 1.165) is 22.3 Å². The van der Waals surface area contributed by atoms with E-state index < -0.39 is 11.9 Å². The van der Waals surface area contributed by atoms with Gasteiger partial charge in [0.25, 0.3) is 5.91 Å². The summed E-state index contributed by atoms with van der Waals surface area (Å²) in [5, 5.41) is 11.4. The second-order valence-corrected chi connectivity index (χ2v) is 7.53. The first-order valence-corrected chi connectivity index (χ1v) is 9.49. The molecule has 0 saturated carbocycles. The van der Waals surface area contributed by atoms with Crippen LogP contribution < -0.4 is 4.90 Å². The molecule has 1 atom stereocenters. The third kappa shape index (κ3) is 3.19. The molecule has 0 fully saturated rings. The lowest BCUT2D eigenvalue weighted by atomic mass is 9.92. The van der Waals surface area contributed by atoms with Gasteiger partial charge in [-0.2, -0.15) is 0 Å². The van der Waals surface area contributed by atoms with Crippen LogP contribution in [-0.2, 0) is 4.79 Å². The number of amides is 1. The highest BCUT2D eigenvalue weighted by Crippen LogP contribution is 2.45. The van der Waals surface area contributed by atoms with Crippen molar-refractivity contribution in [2.45, 2.75) is 19.9 Å². The Bertz CT molecular complexity index is 1050. The number of nitrogens with zero attached hydrogens (tertiary/aromatic N) is 1. The molecule has 4 heteroatoms. The van der Waals surface area contributed by atoms with Crippen LogP contribution in [0.15, 0.2) is 78.6 Å². The van der Waals surface area contributed by atoms with Crippen molar-refractivity contribution in [2.75, 3.05) is 4.90 Å². The molecule has 28 heavy (non-hydrogen) atoms. The monoisotopic (exact) mass is 389 g/mol. The van der Waals surface area contributed by atoms with Crippen molar-refractivity contribution in [1.82, 2.24) is 0 Å². The average molecular weight is 390 g/mol. The largest absolute Gasteiger partial charge is 0.503 e. The summed E-state index contributed by atoms with van der Waals surface area (Å²) in [6, 6.07) is 22.6. The summed E-state index contributed by atoms with van der Waals surface area (Å²) in [5.74, 6) is -0.632. The Morgan fingerprint density at radius 1 is 0.821 bits per heavy atom. The highest BCUT2D eigenvalue weighted by Gasteiger charge is 2.41. The van der Waals surface area contributed by atoms with Gasteiger partial charge in [-0.25, -0.2) is 0 Å². The predicted octanol–water partition coefficient (Wildman–Crippen LogP) is 6.01. The summed E-state index contributed by atoms with van der Waals surface area (Å²) in [6.07, 6.45) is 0. The van der Waals surface area contributed by atoms with Gasteiger partial charge >= 0.3 is 0 Å². The topological polar surface area (TPSA) is 40.5 Å². The van der Waals surface area contributed by atoms with Crippen LogP contribution in [0, 0.1) is 13.8 Å². The third-order valence-electron chi connectivity index (χ3n) is 5.07. The number of aliphatic hydroxyl groups excluding tert-OH is 1. The van der Waals surface area contributed by atoms with E-state index in [-0.39, 0.29) is 5.76 Å². The lowest BCUT2D eigenvalue weighted by Crippen LogP contribution is -2.30. The molecule has 0 aliphatic carbocycles. The lowest BCUT2D eigenvalue weighted by molar-refractivity contribution is -0.117. The van der Waals surface area contributed by atoms with E-state index in [0.29, 0.717) is 16.3 Å². The molecule has 1 heterocycles. The minimum atomic E-state index is -0.419. The first-order valence-electron chi connectivity index (χ1n) is 9.11. The van der Waals surface area contributed by atoms with Crippen molar-refractivity contribution < 1.29 is 9.90 Å². The number of hydrogen-bond donors (Lipinski definition) is 1. The fourth-order valence-electron chi connectivity index (χ4n) is 3.57. The first kappa shape index (κ1) is 18.3. The smallest absolute Gasteiger partial charge is 0.294 e. The highest BCUT2D eigenvalue weighted by molar-refractivity contribution is 6.30. The van der Waals surface area contributed by atoms with Crippen LogP contribution in [0.2, 0.25) is 5.02 Å². The Morgan fingerprint density at radius 2 is 1.36 bits per heavy atom. The van der Waals surface area contributed by atoms with Crippen molar-refractivity contribution in [3.63, 3.8) is 0 Å². The van der Waals surface area contributed by atoms with E-state index in [1.165, 1.54) is 0 Å². The molecular weight excluding hydrogens is 370 g/mol. The van der Waals surface area contributed by atoms with Gasteiger partial charge in [-0.3, -0.25) is 9.69 Å². The molecule has 0 bridgehead atoms. The maximum absolute atomic E-state index is 13.1. The lowest BCUT2D eigenvalue weighted by Gasteiger charge is -2.27. The van der Waals surface area contributed by atoms with E-state index >= 15 is 0 Å². The zero-order valence-corrected chi connectivity index (χ0v) is 16.4. The van der Waals surface area contributed by atoms with Gasteiger partial charge in [-0.15, -0.1) is 0 Å². The number of aryl methyl sites for hydroxylation is 2. The minimum absolute atomic E-state index is 0.218. The average Bonchev–Trinajstić information content (AvgIpc) is 2.95. The Hall–Kier alpha value is -3.04. The second kappa shape index (κ2) is 7.17. The number of hydrogen-bond acceptors (Lipinski definition) is 2. The summed E-state index contributed by atoms with van der Waals surface area (Å²) in [5.41, 5.74) is 5.33. The molecule has 140 valence electrons. The Kier molecular flexibility index (Phi) is 4.70. The molecule has 1 amide bonds. The molecule has 0 saturated heterocycles. The van der Waals surface area contributed by atoms with Crippen LogP contribution in [0.1, 0.15) is 28.3 Å². The number of aliphatic hydroxyl groups is 1. The minimum Gasteiger partial charge on any atom is -0.503 e. The zero-order valence-electron chi connectivity index (χ0n) is 15.7. The van der Waals surface area contributed by atoms with Crippen LogP contribution in [0.3, 0.4) is 0 Å². The molecular formula is C24H20ClNO2. The Balaban J connectivity index is 1.90. The Labute approximate surface area is 169 Å². The highest BCUT2D eigenvalue weighted by atomic mass is 35.5. The molecule has 0 spiro atoms. The van der Waals surface area contributed by atoms with Crippen molar-refractivity contribution in [2.24, 2.45) is 0 Å². The van der Waals surface area contributed by atoms with E-state index in [1.807, 2.05) is 62.4 Å². The fourth-order valence-corrected chi connectivity index (χ4v) is 3.69. The molecule has 4 rings (SSSR count). The van der Waals surface area contributed by atoms with Gasteiger partial charge in [-0.05, 0) is 49.2 Å². The van der Waals surface area contributed by atoms with Gasteiger partial charge in [0.2, 0.25) is 0 Å². The normalized spacial score (nSPS) is 16.8. The molecule has 1 aliphatic rings. The maximum atomic E-state index is 13.1. The van der Waals surface area contributed by atoms with Crippen LogP contribution in [0.4, 0.5) is 5.69 Å². The van der Waals surface area contributed by atoms with Gasteiger partial charge in [0, 0.05) is 16.3 Å². The predicted molar refractivity (Wildman–Crippen MR) is 114 cm³/mol. The molecule has 1 N–H and O–H groups in total. The SMILES string of the molecule is Cc1ccc(C2=C(O)C(=O)N(c3ccc(Cl)cc3)[C@H]2c2ccc(C)cc2)cc1. The number of anilines is 1. The third-order valence-corrected chi connectivity index (χ3v) is 5.32. The van der Waals surface area contributed by atoms with Gasteiger partial charge in [-0.1, -0.05) is 71.3 Å². The molecule has 0 aromatic heterocycles. The van der Waals surface area contributed by atoms with Crippen molar-refractivity contribution >= 4 is 28.8 Å². The summed E-state index contributed by atoms with van der Waals surface area (Å²) < 4.78 is 0. The summed E-state index contributed by atoms with van der Waals surface area (Å²) in [7, 11) is 0. The summed E-state index contributed by atoms with van der Waals surface area (Å²) in [4.78, 5) is 14.7. The number of halogens is 1. The number of rotatable bonds is 3. The van der Waals surface area contributed by atoms with E-state index in [9.17, 15) is 9.90 Å². The molecule has 3 aromatic carbocycles. The first-order chi connectivity index (χ1) is 13.5. The van der Waals surface area contributed by atoms with Crippen molar-refractivity contribution in [3.8, 4) is 0 Å². The number of carbonyl (C=O) groups excluding carboxylic acids is 1. The summed E-state index contributed by atoms with van der Waals surface area (Å²) in [6.45, 7) is 4.03. The van der Waals surface area contributed by atoms with Crippen molar-refractivity contribution in [1.29, 1.82) is 0 Å². The summed E-state index contributed by atoms with van der Waals surface area (Å²) >= 11 is 6.03. The van der Waals surface area contributed by atoms with Gasteiger partial charge in [0.05, 0.1) is 6.04 Å². The number of carbonyl (C=O) groups is 1. The fraction of sp³-hybridized carbons (Fsp3) is 0.125. The van der Waals surface area contributed by atoms with Crippen LogP contribution in [0.25, 0.3) is 5.57 Å². The number of benzene rings is 3.